The lowest BCUT2D eigenvalue weighted by Gasteiger charge is -1.75. The maximum Gasteiger partial charge on any atom is 0.222 e. The largest absolute Gasteiger partial charge is 0.369 e. The molecule has 6 heavy (non-hydrogen) atoms. The third-order valence-corrected chi connectivity index (χ3v) is 0.303. The lowest BCUT2D eigenvalue weighted by atomic mass is 10.5. The van der Waals surface area contributed by atoms with Gasteiger partial charge in [-0.25, -0.2) is 0 Å². The number of primary amides is 1. The molecule has 0 rings (SSSR count). The Labute approximate surface area is 35.7 Å². The van der Waals surface area contributed by atoms with Crippen molar-refractivity contribution < 1.29 is 4.79 Å². The molecule has 0 saturated heterocycles. The minimum absolute atomic E-state index is 0.0556. The summed E-state index contributed by atoms with van der Waals surface area (Å²) in [5.41, 5.74) is 4.61. The van der Waals surface area contributed by atoms with Crippen molar-refractivity contribution in [2.24, 2.45) is 5.73 Å². The molecule has 0 aliphatic heterocycles. The Balaban J connectivity index is 3.05. The van der Waals surface area contributed by atoms with Crippen molar-refractivity contribution in [2.75, 3.05) is 0 Å². The number of rotatable bonds is 2. The van der Waals surface area contributed by atoms with Gasteiger partial charge < -0.3 is 11.1 Å². The lowest BCUT2D eigenvalue weighted by Crippen LogP contribution is -2.09. The van der Waals surface area contributed by atoms with E-state index in [9.17, 15) is 4.79 Å². The van der Waals surface area contributed by atoms with Gasteiger partial charge in [-0.15, -0.1) is 0 Å². The van der Waals surface area contributed by atoms with Crippen LogP contribution in [0.3, 0.4) is 0 Å². The highest BCUT2D eigenvalue weighted by Gasteiger charge is 1.82. The van der Waals surface area contributed by atoms with E-state index < -0.39 is 5.91 Å². The molecule has 0 aromatic carbocycles. The summed E-state index contributed by atoms with van der Waals surface area (Å²) in [6, 6.07) is 0. The van der Waals surface area contributed by atoms with Gasteiger partial charge in [-0.1, -0.05) is 0 Å². The molecule has 0 aliphatic rings. The van der Waals surface area contributed by atoms with Crippen LogP contribution in [0.2, 0.25) is 0 Å². The van der Waals surface area contributed by atoms with Gasteiger partial charge in [0.1, 0.15) is 0 Å². The molecule has 3 N–H and O–H groups in total. The summed E-state index contributed by atoms with van der Waals surface area (Å²) in [6.07, 6.45) is 1.03. The molecular formula is C3H6N2O. The van der Waals surface area contributed by atoms with Crippen LogP contribution in [0.5, 0.6) is 0 Å². The summed E-state index contributed by atoms with van der Waals surface area (Å²) in [5.74, 6) is -0.454. The second kappa shape index (κ2) is 2.38. The van der Waals surface area contributed by atoms with Crippen LogP contribution in [-0.4, -0.2) is 12.1 Å². The van der Waals surface area contributed by atoms with Crippen LogP contribution in [-0.2, 0) is 4.79 Å². The van der Waals surface area contributed by atoms with Gasteiger partial charge in [0.05, 0.1) is 6.42 Å². The molecule has 0 heterocycles. The van der Waals surface area contributed by atoms with E-state index in [1.165, 1.54) is 0 Å². The van der Waals surface area contributed by atoms with Crippen LogP contribution in [0, 0.1) is 5.41 Å². The van der Waals surface area contributed by atoms with Crippen molar-refractivity contribution in [3.63, 3.8) is 0 Å². The summed E-state index contributed by atoms with van der Waals surface area (Å²) >= 11 is 0. The number of nitrogens with one attached hydrogen (secondary N) is 1. The van der Waals surface area contributed by atoms with Gasteiger partial charge in [-0.3, -0.25) is 4.79 Å². The zero-order valence-electron chi connectivity index (χ0n) is 3.27. The van der Waals surface area contributed by atoms with Gasteiger partial charge in [0, 0.05) is 6.21 Å². The summed E-state index contributed by atoms with van der Waals surface area (Å²) in [6.45, 7) is 0. The van der Waals surface area contributed by atoms with E-state index in [-0.39, 0.29) is 6.42 Å². The first-order valence-corrected chi connectivity index (χ1v) is 1.54. The second-order valence-corrected chi connectivity index (χ2v) is 0.875. The molecule has 3 heteroatoms. The molecular weight excluding hydrogens is 80.0 g/mol. The third-order valence-electron chi connectivity index (χ3n) is 0.303. The third kappa shape index (κ3) is 3.14. The number of hydrogen-bond donors (Lipinski definition) is 2. The van der Waals surface area contributed by atoms with E-state index in [1.807, 2.05) is 0 Å². The topological polar surface area (TPSA) is 66.9 Å². The van der Waals surface area contributed by atoms with E-state index in [0.29, 0.717) is 0 Å². The quantitative estimate of drug-likeness (QED) is 0.437. The number of amides is 1. The van der Waals surface area contributed by atoms with Crippen molar-refractivity contribution in [1.82, 2.24) is 0 Å². The molecule has 3 nitrogen and oxygen atoms in total. The molecule has 0 unspecified atom stereocenters. The molecule has 0 saturated carbocycles. The number of nitrogens with two attached hydrogens (primary N) is 1. The van der Waals surface area contributed by atoms with E-state index in [4.69, 9.17) is 5.41 Å². The summed E-state index contributed by atoms with van der Waals surface area (Å²) in [5, 5.41) is 6.31. The Bertz CT molecular complexity index is 69.2. The Kier molecular flexibility index (Phi) is 2.04. The maximum atomic E-state index is 9.67. The van der Waals surface area contributed by atoms with Crippen molar-refractivity contribution in [3.8, 4) is 0 Å². The Hall–Kier alpha value is -0.860. The van der Waals surface area contributed by atoms with Crippen LogP contribution >= 0.6 is 0 Å². The molecule has 0 aliphatic carbocycles. The van der Waals surface area contributed by atoms with Crippen molar-refractivity contribution in [1.29, 1.82) is 5.41 Å². The first kappa shape index (κ1) is 5.14. The van der Waals surface area contributed by atoms with Crippen LogP contribution in [0.1, 0.15) is 6.42 Å². The van der Waals surface area contributed by atoms with Crippen LogP contribution < -0.4 is 5.73 Å². The highest BCUT2D eigenvalue weighted by Crippen LogP contribution is 1.61. The zero-order chi connectivity index (χ0) is 4.99. The minimum Gasteiger partial charge on any atom is -0.369 e. The summed E-state index contributed by atoms with van der Waals surface area (Å²) in [4.78, 5) is 9.67. The highest BCUT2D eigenvalue weighted by atomic mass is 16.1. The summed E-state index contributed by atoms with van der Waals surface area (Å²) in [7, 11) is 0. The fourth-order valence-corrected chi connectivity index (χ4v) is 0.101. The first-order chi connectivity index (χ1) is 2.77. The molecule has 0 spiro atoms. The van der Waals surface area contributed by atoms with Gasteiger partial charge >= 0.3 is 0 Å². The molecule has 34 valence electrons. The molecule has 1 amide bonds. The van der Waals surface area contributed by atoms with Crippen LogP contribution in [0.15, 0.2) is 0 Å². The van der Waals surface area contributed by atoms with E-state index in [2.05, 4.69) is 5.73 Å². The minimum atomic E-state index is -0.454. The maximum absolute atomic E-state index is 9.67. The fraction of sp³-hybridized carbons (Fsp3) is 0.333. The SMILES string of the molecule is N=CCC(N)=O. The average Bonchev–Trinajstić information content (AvgIpc) is 1.35. The lowest BCUT2D eigenvalue weighted by molar-refractivity contribution is -0.116. The monoisotopic (exact) mass is 86.0 g/mol. The van der Waals surface area contributed by atoms with Gasteiger partial charge in [-0.05, 0) is 0 Å². The van der Waals surface area contributed by atoms with Gasteiger partial charge in [0.15, 0.2) is 0 Å². The number of carbonyl (C=O) groups excluding carboxylic acids is 1. The Morgan fingerprint density at radius 3 is 2.50 bits per heavy atom. The smallest absolute Gasteiger partial charge is 0.222 e. The molecule has 0 radical (unpaired) electrons. The van der Waals surface area contributed by atoms with E-state index >= 15 is 0 Å². The molecule has 0 fully saturated rings. The van der Waals surface area contributed by atoms with E-state index in [1.54, 1.807) is 0 Å². The predicted octanol–water partition coefficient (Wildman–Crippen LogP) is -0.489. The van der Waals surface area contributed by atoms with Crippen molar-refractivity contribution in [3.05, 3.63) is 0 Å². The molecule has 0 bridgehead atoms. The standard InChI is InChI=1S/C3H6N2O/c4-2-1-3(5)6/h2,4H,1H2,(H2,5,6). The molecule has 0 aromatic rings. The average molecular weight is 86.1 g/mol. The first-order valence-electron chi connectivity index (χ1n) is 1.54. The normalized spacial score (nSPS) is 7.33. The highest BCUT2D eigenvalue weighted by molar-refractivity contribution is 5.87. The molecule has 0 aromatic heterocycles. The summed E-state index contributed by atoms with van der Waals surface area (Å²) < 4.78 is 0. The van der Waals surface area contributed by atoms with Crippen LogP contribution in [0.4, 0.5) is 0 Å². The van der Waals surface area contributed by atoms with Gasteiger partial charge in [0.2, 0.25) is 5.91 Å². The van der Waals surface area contributed by atoms with Gasteiger partial charge in [-0.2, -0.15) is 0 Å². The van der Waals surface area contributed by atoms with Crippen LogP contribution in [0.25, 0.3) is 0 Å². The van der Waals surface area contributed by atoms with Crippen molar-refractivity contribution >= 4 is 12.1 Å². The Morgan fingerprint density at radius 1 is 2.00 bits per heavy atom. The zero-order valence-corrected chi connectivity index (χ0v) is 3.27. The predicted molar refractivity (Wildman–Crippen MR) is 22.6 cm³/mol. The Morgan fingerprint density at radius 2 is 2.50 bits per heavy atom. The fourth-order valence-electron chi connectivity index (χ4n) is 0.101. The number of carbonyl (C=O) groups is 1. The number of hydrogen-bond acceptors (Lipinski definition) is 2. The van der Waals surface area contributed by atoms with Gasteiger partial charge in [0.25, 0.3) is 0 Å². The van der Waals surface area contributed by atoms with E-state index in [0.717, 1.165) is 6.21 Å². The molecule has 0 atom stereocenters. The van der Waals surface area contributed by atoms with Crippen molar-refractivity contribution in [2.45, 2.75) is 6.42 Å². The second-order valence-electron chi connectivity index (χ2n) is 0.875.